The molecule has 2 atom stereocenters. The minimum Gasteiger partial charge on any atom is -0.385 e. The van der Waals surface area contributed by atoms with Crippen LogP contribution in [0.5, 0.6) is 0 Å². The van der Waals surface area contributed by atoms with E-state index >= 15 is 0 Å². The molecule has 1 aliphatic heterocycles. The lowest BCUT2D eigenvalue weighted by atomic mass is 10.2. The van der Waals surface area contributed by atoms with E-state index in [0.717, 1.165) is 32.7 Å². The van der Waals surface area contributed by atoms with Gasteiger partial charge in [-0.15, -0.1) is 0 Å². The minimum atomic E-state index is 0.464. The Morgan fingerprint density at radius 3 is 3.12 bits per heavy atom. The smallest absolute Gasteiger partial charge is 0.0700 e. The summed E-state index contributed by atoms with van der Waals surface area (Å²) in [5.74, 6) is 1.19. The van der Waals surface area contributed by atoms with Crippen LogP contribution in [0.25, 0.3) is 0 Å². The largest absolute Gasteiger partial charge is 0.385 e. The highest BCUT2D eigenvalue weighted by Gasteiger charge is 2.14. The average Bonchev–Trinajstić information content (AvgIpc) is 2.77. The Labute approximate surface area is 104 Å². The van der Waals surface area contributed by atoms with Gasteiger partial charge in [-0.25, -0.2) is 0 Å². The topological polar surface area (TPSA) is 30.5 Å². The molecule has 0 aliphatic carbocycles. The predicted molar refractivity (Wildman–Crippen MR) is 70.3 cm³/mol. The Morgan fingerprint density at radius 2 is 2.44 bits per heavy atom. The fourth-order valence-electron chi connectivity index (χ4n) is 1.80. The quantitative estimate of drug-likeness (QED) is 0.631. The molecule has 0 saturated carbocycles. The zero-order chi connectivity index (χ0) is 11.6. The molecule has 1 heterocycles. The van der Waals surface area contributed by atoms with Crippen molar-refractivity contribution in [1.82, 2.24) is 5.32 Å². The molecular formula is C12H25NO2S. The molecule has 1 aliphatic rings. The molecule has 96 valence electrons. The molecule has 4 heteroatoms. The summed E-state index contributed by atoms with van der Waals surface area (Å²) in [5, 5.41) is 4.17. The monoisotopic (exact) mass is 247 g/mol. The van der Waals surface area contributed by atoms with Crippen molar-refractivity contribution in [3.05, 3.63) is 0 Å². The summed E-state index contributed by atoms with van der Waals surface area (Å²) in [7, 11) is 1.76. The third kappa shape index (κ3) is 6.74. The van der Waals surface area contributed by atoms with Crippen LogP contribution in [0.2, 0.25) is 0 Å². The Balaban J connectivity index is 1.87. The van der Waals surface area contributed by atoms with Crippen LogP contribution in [0.1, 0.15) is 26.2 Å². The van der Waals surface area contributed by atoms with Crippen LogP contribution in [0, 0.1) is 0 Å². The Kier molecular flexibility index (Phi) is 8.29. The van der Waals surface area contributed by atoms with E-state index in [0.29, 0.717) is 11.4 Å². The summed E-state index contributed by atoms with van der Waals surface area (Å²) in [5.41, 5.74) is 0. The van der Waals surface area contributed by atoms with Gasteiger partial charge in [-0.1, -0.05) is 6.92 Å². The zero-order valence-electron chi connectivity index (χ0n) is 10.5. The average molecular weight is 247 g/mol. The first-order chi connectivity index (χ1) is 7.83. The lowest BCUT2D eigenvalue weighted by Gasteiger charge is -2.14. The van der Waals surface area contributed by atoms with Crippen molar-refractivity contribution in [2.75, 3.05) is 39.2 Å². The number of hydrogen-bond acceptors (Lipinski definition) is 4. The molecule has 2 unspecified atom stereocenters. The maximum absolute atomic E-state index is 5.56. The fourth-order valence-corrected chi connectivity index (χ4v) is 2.72. The second-order valence-electron chi connectivity index (χ2n) is 4.32. The number of nitrogens with one attached hydrogen (secondary N) is 1. The van der Waals surface area contributed by atoms with Gasteiger partial charge in [0.15, 0.2) is 0 Å². The molecule has 0 spiro atoms. The van der Waals surface area contributed by atoms with Crippen LogP contribution in [0.3, 0.4) is 0 Å². The van der Waals surface area contributed by atoms with E-state index < -0.39 is 0 Å². The highest BCUT2D eigenvalue weighted by atomic mass is 32.2. The van der Waals surface area contributed by atoms with Gasteiger partial charge in [0.1, 0.15) is 0 Å². The fraction of sp³-hybridized carbons (Fsp3) is 1.00. The molecule has 0 bridgehead atoms. The van der Waals surface area contributed by atoms with E-state index in [1.165, 1.54) is 18.6 Å². The van der Waals surface area contributed by atoms with Crippen molar-refractivity contribution in [3.8, 4) is 0 Å². The highest BCUT2D eigenvalue weighted by Crippen LogP contribution is 2.12. The van der Waals surface area contributed by atoms with Crippen molar-refractivity contribution in [3.63, 3.8) is 0 Å². The first-order valence-electron chi connectivity index (χ1n) is 6.25. The predicted octanol–water partition coefficient (Wildman–Crippen LogP) is 1.91. The number of methoxy groups -OCH3 is 1. The SMILES string of the molecule is COCCCSC(C)CNCC1CCCO1. The van der Waals surface area contributed by atoms with Gasteiger partial charge in [-0.2, -0.15) is 11.8 Å². The van der Waals surface area contributed by atoms with Gasteiger partial charge >= 0.3 is 0 Å². The standard InChI is InChI=1S/C12H25NO2S/c1-11(16-8-4-6-14-2)9-13-10-12-5-3-7-15-12/h11-13H,3-10H2,1-2H3. The molecule has 1 N–H and O–H groups in total. The normalized spacial score (nSPS) is 22.5. The van der Waals surface area contributed by atoms with Crippen LogP contribution < -0.4 is 5.32 Å². The van der Waals surface area contributed by atoms with Gasteiger partial charge in [-0.3, -0.25) is 0 Å². The maximum Gasteiger partial charge on any atom is 0.0700 e. The third-order valence-corrected chi connectivity index (χ3v) is 3.98. The van der Waals surface area contributed by atoms with Gasteiger partial charge < -0.3 is 14.8 Å². The van der Waals surface area contributed by atoms with E-state index in [1.807, 2.05) is 11.8 Å². The van der Waals surface area contributed by atoms with Crippen molar-refractivity contribution in [2.45, 2.75) is 37.5 Å². The summed E-state index contributed by atoms with van der Waals surface area (Å²) < 4.78 is 10.6. The second kappa shape index (κ2) is 9.28. The molecule has 0 aromatic carbocycles. The van der Waals surface area contributed by atoms with Crippen molar-refractivity contribution in [2.24, 2.45) is 0 Å². The first kappa shape index (κ1) is 14.3. The van der Waals surface area contributed by atoms with Crippen molar-refractivity contribution >= 4 is 11.8 Å². The van der Waals surface area contributed by atoms with Gasteiger partial charge in [-0.05, 0) is 25.0 Å². The van der Waals surface area contributed by atoms with Gasteiger partial charge in [0.05, 0.1) is 6.10 Å². The number of rotatable bonds is 9. The number of hydrogen-bond donors (Lipinski definition) is 1. The summed E-state index contributed by atoms with van der Waals surface area (Å²) >= 11 is 2.02. The van der Waals surface area contributed by atoms with Crippen molar-refractivity contribution in [1.29, 1.82) is 0 Å². The third-order valence-electron chi connectivity index (χ3n) is 2.72. The van der Waals surface area contributed by atoms with Crippen LogP contribution in [0.15, 0.2) is 0 Å². The van der Waals surface area contributed by atoms with Crippen LogP contribution in [-0.2, 0) is 9.47 Å². The molecule has 16 heavy (non-hydrogen) atoms. The second-order valence-corrected chi connectivity index (χ2v) is 5.87. The summed E-state index contributed by atoms with van der Waals surface area (Å²) in [6.07, 6.45) is 4.07. The molecule has 1 rings (SSSR count). The van der Waals surface area contributed by atoms with E-state index in [9.17, 15) is 0 Å². The van der Waals surface area contributed by atoms with Gasteiger partial charge in [0, 0.05) is 38.7 Å². The molecule has 0 aromatic rings. The Bertz CT molecular complexity index is 163. The lowest BCUT2D eigenvalue weighted by molar-refractivity contribution is 0.110. The van der Waals surface area contributed by atoms with Crippen LogP contribution in [-0.4, -0.2) is 50.5 Å². The molecule has 0 radical (unpaired) electrons. The van der Waals surface area contributed by atoms with E-state index in [4.69, 9.17) is 9.47 Å². The zero-order valence-corrected chi connectivity index (χ0v) is 11.4. The van der Waals surface area contributed by atoms with Gasteiger partial charge in [0.2, 0.25) is 0 Å². The summed E-state index contributed by atoms with van der Waals surface area (Å²) in [6, 6.07) is 0. The van der Waals surface area contributed by atoms with Gasteiger partial charge in [0.25, 0.3) is 0 Å². The van der Waals surface area contributed by atoms with E-state index in [1.54, 1.807) is 7.11 Å². The molecule has 1 saturated heterocycles. The van der Waals surface area contributed by atoms with Crippen molar-refractivity contribution < 1.29 is 9.47 Å². The molecular weight excluding hydrogens is 222 g/mol. The molecule has 1 fully saturated rings. The Hall–Kier alpha value is 0.230. The summed E-state index contributed by atoms with van der Waals surface area (Å²) in [4.78, 5) is 0. The van der Waals surface area contributed by atoms with Crippen LogP contribution in [0.4, 0.5) is 0 Å². The summed E-state index contributed by atoms with van der Waals surface area (Å²) in [6.45, 7) is 6.21. The Morgan fingerprint density at radius 1 is 1.56 bits per heavy atom. The maximum atomic E-state index is 5.56. The highest BCUT2D eigenvalue weighted by molar-refractivity contribution is 7.99. The molecule has 0 amide bonds. The molecule has 3 nitrogen and oxygen atoms in total. The lowest BCUT2D eigenvalue weighted by Crippen LogP contribution is -2.30. The van der Waals surface area contributed by atoms with E-state index in [-0.39, 0.29) is 0 Å². The number of thioether (sulfide) groups is 1. The first-order valence-corrected chi connectivity index (χ1v) is 7.30. The van der Waals surface area contributed by atoms with E-state index in [2.05, 4.69) is 12.2 Å². The number of ether oxygens (including phenoxy) is 2. The molecule has 0 aromatic heterocycles. The minimum absolute atomic E-state index is 0.464. The van der Waals surface area contributed by atoms with Crippen LogP contribution >= 0.6 is 11.8 Å².